The van der Waals surface area contributed by atoms with Crippen LogP contribution in [0.5, 0.6) is 0 Å². The van der Waals surface area contributed by atoms with E-state index in [1.165, 1.54) is 0 Å². The smallest absolute Gasteiger partial charge is 0.238 e. The molecule has 0 saturated heterocycles. The molecule has 234 valence electrons. The van der Waals surface area contributed by atoms with Gasteiger partial charge in [-0.1, -0.05) is 139 Å². The van der Waals surface area contributed by atoms with Gasteiger partial charge in [0.1, 0.15) is 0 Å². The van der Waals surface area contributed by atoms with Crippen molar-refractivity contribution in [3.05, 3.63) is 176 Å². The lowest BCUT2D eigenvalue weighted by molar-refractivity contribution is 0.953. The fraction of sp³-hybridized carbons (Fsp3) is 0. The molecule has 0 fully saturated rings. The number of para-hydroxylation sites is 2. The Morgan fingerprint density at radius 2 is 0.900 bits per heavy atom. The molecule has 0 N–H and O–H groups in total. The predicted molar refractivity (Wildman–Crippen MR) is 205 cm³/mol. The van der Waals surface area contributed by atoms with Gasteiger partial charge in [0.05, 0.1) is 28.9 Å². The van der Waals surface area contributed by atoms with Crippen LogP contribution >= 0.6 is 0 Å². The third-order valence-corrected chi connectivity index (χ3v) is 9.27. The van der Waals surface area contributed by atoms with Crippen molar-refractivity contribution in [3.8, 4) is 45.5 Å². The summed E-state index contributed by atoms with van der Waals surface area (Å²) in [6.07, 6.45) is 0. The van der Waals surface area contributed by atoms with Gasteiger partial charge in [0.15, 0.2) is 11.6 Å². The minimum Gasteiger partial charge on any atom is -0.309 e. The molecule has 0 atom stereocenters. The van der Waals surface area contributed by atoms with Crippen LogP contribution in [0.1, 0.15) is 6.85 Å². The van der Waals surface area contributed by atoms with E-state index in [9.17, 15) is 0 Å². The van der Waals surface area contributed by atoms with E-state index in [1.54, 1.807) is 0 Å². The SMILES string of the molecule is [2H]c1c([2H])c([2H])c(-c2ccc(-n3c4ccccc4c4cc5c6ccccc6n(-c6nc(-c7ccccc7)nc(-c7ccccc7)n6)c5cc43)cc2)c([2H])c1[2H]. The lowest BCUT2D eigenvalue weighted by Crippen LogP contribution is -2.06. The van der Waals surface area contributed by atoms with Gasteiger partial charge >= 0.3 is 0 Å². The molecule has 50 heavy (non-hydrogen) atoms. The maximum Gasteiger partial charge on any atom is 0.238 e. The minimum absolute atomic E-state index is 0.174. The molecule has 5 nitrogen and oxygen atoms in total. The normalized spacial score (nSPS) is 13.0. The summed E-state index contributed by atoms with van der Waals surface area (Å²) in [7, 11) is 0. The summed E-state index contributed by atoms with van der Waals surface area (Å²) in [5, 5.41) is 4.29. The number of nitrogens with zero attached hydrogens (tertiary/aromatic N) is 5. The zero-order chi connectivity index (χ0) is 37.4. The first-order valence-electron chi connectivity index (χ1n) is 18.9. The Morgan fingerprint density at radius 3 is 1.50 bits per heavy atom. The van der Waals surface area contributed by atoms with Crippen LogP contribution in [0.15, 0.2) is 176 Å². The highest BCUT2D eigenvalue weighted by Gasteiger charge is 2.21. The Balaban J connectivity index is 1.24. The average molecular weight is 645 g/mol. The summed E-state index contributed by atoms with van der Waals surface area (Å²) < 4.78 is 45.8. The fourth-order valence-corrected chi connectivity index (χ4v) is 6.99. The van der Waals surface area contributed by atoms with E-state index in [0.717, 1.165) is 60.4 Å². The van der Waals surface area contributed by atoms with Crippen molar-refractivity contribution >= 4 is 43.6 Å². The van der Waals surface area contributed by atoms with Crippen LogP contribution in [0.25, 0.3) is 89.2 Å². The van der Waals surface area contributed by atoms with E-state index < -0.39 is 6.04 Å². The fourth-order valence-electron chi connectivity index (χ4n) is 6.99. The summed E-state index contributed by atoms with van der Waals surface area (Å²) in [5.74, 6) is 1.65. The van der Waals surface area contributed by atoms with Crippen LogP contribution in [-0.2, 0) is 0 Å². The van der Waals surface area contributed by atoms with Crippen molar-refractivity contribution in [2.75, 3.05) is 0 Å². The Hall–Kier alpha value is -6.85. The maximum atomic E-state index is 8.53. The molecule has 0 saturated carbocycles. The average Bonchev–Trinajstić information content (AvgIpc) is 3.74. The largest absolute Gasteiger partial charge is 0.309 e. The van der Waals surface area contributed by atoms with Gasteiger partial charge in [0.25, 0.3) is 0 Å². The monoisotopic (exact) mass is 644 g/mol. The molecule has 5 heteroatoms. The van der Waals surface area contributed by atoms with Crippen LogP contribution in [0.2, 0.25) is 0 Å². The van der Waals surface area contributed by atoms with E-state index in [0.29, 0.717) is 23.2 Å². The number of benzene rings is 7. The van der Waals surface area contributed by atoms with Gasteiger partial charge in [-0.2, -0.15) is 9.97 Å². The maximum absolute atomic E-state index is 8.53. The predicted octanol–water partition coefficient (Wildman–Crippen LogP) is 11.1. The molecule has 0 aliphatic heterocycles. The van der Waals surface area contributed by atoms with E-state index in [1.807, 2.05) is 103 Å². The zero-order valence-corrected chi connectivity index (χ0v) is 26.6. The first-order chi connectivity index (χ1) is 26.9. The van der Waals surface area contributed by atoms with Crippen molar-refractivity contribution < 1.29 is 6.85 Å². The summed E-state index contributed by atoms with van der Waals surface area (Å²) in [6.45, 7) is 0. The minimum atomic E-state index is -0.408. The van der Waals surface area contributed by atoms with E-state index >= 15 is 0 Å². The molecule has 0 radical (unpaired) electrons. The Morgan fingerprint density at radius 1 is 0.380 bits per heavy atom. The molecule has 0 aliphatic carbocycles. The van der Waals surface area contributed by atoms with Gasteiger partial charge < -0.3 is 4.57 Å². The molecule has 10 rings (SSSR count). The molecule has 0 spiro atoms. The third-order valence-electron chi connectivity index (χ3n) is 9.27. The first kappa shape index (κ1) is 23.5. The topological polar surface area (TPSA) is 48.5 Å². The Labute approximate surface area is 295 Å². The number of rotatable bonds is 5. The first-order valence-corrected chi connectivity index (χ1v) is 16.4. The van der Waals surface area contributed by atoms with E-state index in [-0.39, 0.29) is 29.7 Å². The highest BCUT2D eigenvalue weighted by atomic mass is 15.2. The standard InChI is InChI=1S/C45H29N5/c1-4-14-30(15-5-1)31-24-26-34(27-25-31)49-39-22-12-10-20-35(39)37-28-38-36-21-11-13-23-40(36)50(42(38)29-41(37)49)45-47-43(32-16-6-2-7-17-32)46-44(48-45)33-18-8-3-9-19-33/h1-29H/i1D,4D,5D,14D,15D. The Bertz CT molecular complexity index is 3050. The molecular weight excluding hydrogens is 611 g/mol. The highest BCUT2D eigenvalue weighted by molar-refractivity contribution is 6.19. The highest BCUT2D eigenvalue weighted by Crippen LogP contribution is 2.39. The quantitative estimate of drug-likeness (QED) is 0.187. The van der Waals surface area contributed by atoms with Crippen molar-refractivity contribution in [2.45, 2.75) is 0 Å². The van der Waals surface area contributed by atoms with Gasteiger partial charge in [-0.3, -0.25) is 4.57 Å². The molecule has 3 heterocycles. The van der Waals surface area contributed by atoms with Crippen molar-refractivity contribution in [1.82, 2.24) is 24.1 Å². The third kappa shape index (κ3) is 4.52. The number of fused-ring (bicyclic) bond motifs is 6. The van der Waals surface area contributed by atoms with Gasteiger partial charge in [0.2, 0.25) is 5.95 Å². The van der Waals surface area contributed by atoms with Crippen LogP contribution in [0.4, 0.5) is 0 Å². The van der Waals surface area contributed by atoms with Gasteiger partial charge in [0, 0.05) is 38.4 Å². The van der Waals surface area contributed by atoms with Crippen LogP contribution < -0.4 is 0 Å². The number of aromatic nitrogens is 5. The van der Waals surface area contributed by atoms with Gasteiger partial charge in [-0.15, -0.1) is 0 Å². The van der Waals surface area contributed by atoms with Crippen molar-refractivity contribution in [2.24, 2.45) is 0 Å². The zero-order valence-electron chi connectivity index (χ0n) is 31.6. The molecule has 0 bridgehead atoms. The summed E-state index contributed by atoms with van der Waals surface area (Å²) in [5.41, 5.74) is 7.23. The molecule has 0 unspecified atom stereocenters. The van der Waals surface area contributed by atoms with Gasteiger partial charge in [-0.05, 0) is 47.5 Å². The lowest BCUT2D eigenvalue weighted by Gasteiger charge is -2.12. The van der Waals surface area contributed by atoms with Crippen molar-refractivity contribution in [3.63, 3.8) is 0 Å². The summed E-state index contributed by atoms with van der Waals surface area (Å²) >= 11 is 0. The Kier molecular flexibility index (Phi) is 5.35. The molecule has 7 aromatic carbocycles. The molecule has 0 amide bonds. The molecule has 0 aliphatic rings. The summed E-state index contributed by atoms with van der Waals surface area (Å²) in [6, 6.07) is 46.9. The second-order valence-corrected chi connectivity index (χ2v) is 12.2. The van der Waals surface area contributed by atoms with Crippen LogP contribution in [0.3, 0.4) is 0 Å². The number of hydrogen-bond acceptors (Lipinski definition) is 3. The van der Waals surface area contributed by atoms with E-state index in [2.05, 4.69) is 51.6 Å². The second kappa shape index (κ2) is 11.4. The summed E-state index contributed by atoms with van der Waals surface area (Å²) in [4.78, 5) is 15.2. The van der Waals surface area contributed by atoms with E-state index in [4.69, 9.17) is 21.8 Å². The second-order valence-electron chi connectivity index (χ2n) is 12.2. The van der Waals surface area contributed by atoms with Gasteiger partial charge in [-0.25, -0.2) is 4.98 Å². The van der Waals surface area contributed by atoms with Crippen LogP contribution in [-0.4, -0.2) is 24.1 Å². The molecule has 10 aromatic rings. The van der Waals surface area contributed by atoms with Crippen molar-refractivity contribution in [1.29, 1.82) is 0 Å². The lowest BCUT2D eigenvalue weighted by atomic mass is 10.1. The number of hydrogen-bond donors (Lipinski definition) is 0. The molecule has 3 aromatic heterocycles. The van der Waals surface area contributed by atoms with Crippen LogP contribution in [0, 0.1) is 0 Å². The molecular formula is C45H29N5.